The zero-order chi connectivity index (χ0) is 4.50. The molecule has 0 rings (SSSR count). The topological polar surface area (TPSA) is 74.6 Å². The molecule has 0 saturated carbocycles. The summed E-state index contributed by atoms with van der Waals surface area (Å²) in [5.41, 5.74) is 0. The van der Waals surface area contributed by atoms with Crippen molar-refractivity contribution >= 4 is 10.4 Å². The van der Waals surface area contributed by atoms with Crippen molar-refractivity contribution < 1.29 is 73.2 Å². The summed E-state index contributed by atoms with van der Waals surface area (Å²) in [6.45, 7) is 0. The zero-order valence-corrected chi connectivity index (χ0v) is 7.06. The van der Waals surface area contributed by atoms with Gasteiger partial charge in [-0.25, -0.2) is 0 Å². The van der Waals surface area contributed by atoms with E-state index in [0.717, 1.165) is 0 Å². The molecule has 0 unspecified atom stereocenters. The summed E-state index contributed by atoms with van der Waals surface area (Å²) in [6, 6.07) is 0. The van der Waals surface area contributed by atoms with Crippen molar-refractivity contribution in [2.75, 3.05) is 0 Å². The van der Waals surface area contributed by atoms with Gasteiger partial charge in [0.25, 0.3) is 0 Å². The van der Waals surface area contributed by atoms with E-state index < -0.39 is 10.4 Å². The van der Waals surface area contributed by atoms with Gasteiger partial charge in [0.2, 0.25) is 0 Å². The van der Waals surface area contributed by atoms with Crippen LogP contribution >= 0.6 is 0 Å². The van der Waals surface area contributed by atoms with E-state index in [9.17, 15) is 0 Å². The molecule has 0 atom stereocenters. The molecule has 0 heterocycles. The molecule has 0 saturated heterocycles. The molecule has 2 N–H and O–H groups in total. The minimum atomic E-state index is -4.67. The first-order valence-corrected chi connectivity index (χ1v) is 2.10. The Hall–Kier alpha value is 1.51. The monoisotopic (exact) mass is 140 g/mol. The van der Waals surface area contributed by atoms with E-state index in [1.165, 1.54) is 0 Å². The molecule has 34 valence electrons. The fourth-order valence-corrected chi connectivity index (χ4v) is 0. The Bertz CT molecular complexity index is 99.0. The summed E-state index contributed by atoms with van der Waals surface area (Å²) in [7, 11) is -4.67. The Kier molecular flexibility index (Phi) is 6.12. The van der Waals surface area contributed by atoms with Crippen LogP contribution in [0.2, 0.25) is 0 Å². The maximum absolute atomic E-state index is 8.74. The first kappa shape index (κ1) is 10.5. The van der Waals surface area contributed by atoms with E-state index >= 15 is 0 Å². The Morgan fingerprint density at radius 3 is 1.50 bits per heavy atom. The van der Waals surface area contributed by atoms with Gasteiger partial charge in [0, 0.05) is 0 Å². The molecule has 0 radical (unpaired) electrons. The molecule has 6 heavy (non-hydrogen) atoms. The molecule has 0 amide bonds. The Morgan fingerprint density at radius 1 is 1.50 bits per heavy atom. The van der Waals surface area contributed by atoms with Crippen molar-refractivity contribution in [3.8, 4) is 0 Å². The third kappa shape index (κ3) is 49.3. The molecule has 6 heteroatoms. The minimum Gasteiger partial charge on any atom is -1.00 e. The van der Waals surface area contributed by atoms with Gasteiger partial charge in [-0.3, -0.25) is 9.11 Å². The molecule has 0 aliphatic rings. The summed E-state index contributed by atoms with van der Waals surface area (Å²) in [6.07, 6.45) is 0. The summed E-state index contributed by atoms with van der Waals surface area (Å²) in [5, 5.41) is 0. The number of rotatable bonds is 0. The van der Waals surface area contributed by atoms with Crippen molar-refractivity contribution in [3.63, 3.8) is 0 Å². The van der Waals surface area contributed by atoms with Crippen molar-refractivity contribution in [2.45, 2.75) is 0 Å². The smallest absolute Gasteiger partial charge is 1.00 e. The fraction of sp³-hybridized carbons (Fsp3) is 0. The van der Waals surface area contributed by atoms with Crippen LogP contribution < -0.4 is 51.4 Å². The van der Waals surface area contributed by atoms with E-state index in [-0.39, 0.29) is 55.7 Å². The van der Waals surface area contributed by atoms with Crippen LogP contribution in [0, 0.1) is 0 Å². The maximum Gasteiger partial charge on any atom is 1.00 e. The zero-order valence-electron chi connectivity index (χ0n) is 6.12. The number of hydrogen-bond donors (Lipinski definition) is 2. The largest absolute Gasteiger partial charge is 1.00 e. The van der Waals surface area contributed by atoms with Crippen molar-refractivity contribution in [3.05, 3.63) is 0 Å². The molecule has 0 fully saturated rings. The van der Waals surface area contributed by atoms with Gasteiger partial charge in [0.05, 0.1) is 0 Å². The van der Waals surface area contributed by atoms with Gasteiger partial charge in [0.1, 0.15) is 0 Å². The van der Waals surface area contributed by atoms with Crippen molar-refractivity contribution in [1.29, 1.82) is 0 Å². The Morgan fingerprint density at radius 2 is 1.50 bits per heavy atom. The van der Waals surface area contributed by atoms with Gasteiger partial charge < -0.3 is 1.43 Å². The predicted octanol–water partition coefficient (Wildman–Crippen LogP) is -3.31. The molecular weight excluding hydrogens is 135 g/mol. The molecule has 0 aromatic rings. The van der Waals surface area contributed by atoms with E-state index in [4.69, 9.17) is 17.5 Å². The second-order valence-electron chi connectivity index (χ2n) is 0.448. The first-order valence-electron chi connectivity index (χ1n) is 0.698. The van der Waals surface area contributed by atoms with E-state index in [1.54, 1.807) is 0 Å². The third-order valence-corrected chi connectivity index (χ3v) is 0. The minimum absolute atomic E-state index is 0. The van der Waals surface area contributed by atoms with Gasteiger partial charge in [-0.2, -0.15) is 8.42 Å². The second kappa shape index (κ2) is 3.50. The quantitative estimate of drug-likeness (QED) is 0.273. The summed E-state index contributed by atoms with van der Waals surface area (Å²) in [5.74, 6) is 0. The van der Waals surface area contributed by atoms with Gasteiger partial charge in [-0.15, -0.1) is 0 Å². The summed E-state index contributed by atoms with van der Waals surface area (Å²) < 4.78 is 31.6. The van der Waals surface area contributed by atoms with Crippen LogP contribution in [-0.4, -0.2) is 17.5 Å². The molecule has 0 aliphatic carbocycles. The molecule has 0 aliphatic heterocycles. The van der Waals surface area contributed by atoms with E-state index in [1.807, 2.05) is 0 Å². The molecule has 4 nitrogen and oxygen atoms in total. The van der Waals surface area contributed by atoms with Gasteiger partial charge in [-0.05, 0) is 0 Å². The SMILES string of the molecule is O=S(=O)(O)O.[H+].[H+].[H-].[K+]. The van der Waals surface area contributed by atoms with Gasteiger partial charge >= 0.3 is 64.6 Å². The normalized spacial score (nSPS) is 9.67. The van der Waals surface area contributed by atoms with Crippen molar-refractivity contribution in [1.82, 2.24) is 0 Å². The predicted molar refractivity (Wildman–Crippen MR) is 17.5 cm³/mol. The van der Waals surface area contributed by atoms with Crippen LogP contribution in [-0.2, 0) is 10.4 Å². The van der Waals surface area contributed by atoms with Gasteiger partial charge in [0.15, 0.2) is 0 Å². The molecule has 0 spiro atoms. The maximum atomic E-state index is 8.74. The van der Waals surface area contributed by atoms with Crippen LogP contribution in [0.5, 0.6) is 0 Å². The van der Waals surface area contributed by atoms with Crippen LogP contribution in [0.4, 0.5) is 0 Å². The molecule has 0 aromatic heterocycles. The fourth-order valence-electron chi connectivity index (χ4n) is 0. The summed E-state index contributed by atoms with van der Waals surface area (Å²) >= 11 is 0. The molecular formula is H5KO4S+2. The van der Waals surface area contributed by atoms with E-state index in [0.29, 0.717) is 0 Å². The van der Waals surface area contributed by atoms with Gasteiger partial charge in [-0.1, -0.05) is 0 Å². The molecule has 0 bridgehead atoms. The molecule has 0 aromatic carbocycles. The Labute approximate surface area is 82.4 Å². The average Bonchev–Trinajstić information content (AvgIpc) is 0.722. The Balaban J connectivity index is -0.0000000133. The van der Waals surface area contributed by atoms with Crippen molar-refractivity contribution in [2.24, 2.45) is 0 Å². The van der Waals surface area contributed by atoms with Crippen LogP contribution in [0.3, 0.4) is 0 Å². The van der Waals surface area contributed by atoms with E-state index in [2.05, 4.69) is 0 Å². The average molecular weight is 140 g/mol. The number of hydrogen-bond acceptors (Lipinski definition) is 2. The van der Waals surface area contributed by atoms with Crippen LogP contribution in [0.1, 0.15) is 4.28 Å². The first-order chi connectivity index (χ1) is 2.00. The standard InChI is InChI=1S/K.H2O4S.H/c;1-5(2,3)4;/h;(H2,1,2,3,4);/q+1;;-1/p+2. The second-order valence-corrected chi connectivity index (χ2v) is 1.34. The van der Waals surface area contributed by atoms with Crippen LogP contribution in [0.15, 0.2) is 0 Å². The van der Waals surface area contributed by atoms with Crippen LogP contribution in [0.25, 0.3) is 0 Å². The summed E-state index contributed by atoms with van der Waals surface area (Å²) in [4.78, 5) is 0. The third-order valence-electron chi connectivity index (χ3n) is 0.